The van der Waals surface area contributed by atoms with Crippen molar-refractivity contribution >= 4 is 5.96 Å². The van der Waals surface area contributed by atoms with Crippen molar-refractivity contribution < 1.29 is 14.2 Å². The van der Waals surface area contributed by atoms with E-state index in [1.54, 1.807) is 0 Å². The maximum absolute atomic E-state index is 5.84. The average Bonchev–Trinajstić information content (AvgIpc) is 3.28. The molecule has 2 fully saturated rings. The minimum atomic E-state index is 0.304. The van der Waals surface area contributed by atoms with Crippen LogP contribution in [0.3, 0.4) is 0 Å². The van der Waals surface area contributed by atoms with E-state index >= 15 is 0 Å². The summed E-state index contributed by atoms with van der Waals surface area (Å²) in [5, 5.41) is 6.73. The second kappa shape index (κ2) is 13.8. The summed E-state index contributed by atoms with van der Waals surface area (Å²) >= 11 is 0. The topological polar surface area (TPSA) is 67.4 Å². The molecule has 2 saturated heterocycles. The Morgan fingerprint density at radius 3 is 2.56 bits per heavy atom. The van der Waals surface area contributed by atoms with Gasteiger partial charge in [0, 0.05) is 51.9 Å². The van der Waals surface area contributed by atoms with Crippen LogP contribution in [0.4, 0.5) is 0 Å². The fourth-order valence-corrected chi connectivity index (χ4v) is 4.28. The largest absolute Gasteiger partial charge is 0.381 e. The van der Waals surface area contributed by atoms with Gasteiger partial charge >= 0.3 is 0 Å². The lowest BCUT2D eigenvalue weighted by Gasteiger charge is -2.35. The van der Waals surface area contributed by atoms with Crippen LogP contribution in [-0.4, -0.2) is 75.7 Å². The second-order valence-corrected chi connectivity index (χ2v) is 9.05. The molecule has 0 aromatic heterocycles. The van der Waals surface area contributed by atoms with Crippen LogP contribution in [0, 0.1) is 5.92 Å². The summed E-state index contributed by atoms with van der Waals surface area (Å²) in [5.74, 6) is 1.44. The highest BCUT2D eigenvalue weighted by molar-refractivity contribution is 5.79. The first-order chi connectivity index (χ1) is 15.6. The van der Waals surface area contributed by atoms with Gasteiger partial charge in [0.1, 0.15) is 0 Å². The molecule has 0 saturated carbocycles. The molecule has 7 heteroatoms. The predicted octanol–water partition coefficient (Wildman–Crippen LogP) is 2.79. The number of guanidine groups is 1. The number of aliphatic imine (C=N–C) groups is 1. The molecule has 7 nitrogen and oxygen atoms in total. The molecular formula is C25H42N4O3. The minimum Gasteiger partial charge on any atom is -0.381 e. The van der Waals surface area contributed by atoms with Crippen molar-refractivity contribution in [2.75, 3.05) is 52.6 Å². The number of hydrogen-bond acceptors (Lipinski definition) is 5. The molecule has 1 aromatic carbocycles. The van der Waals surface area contributed by atoms with Crippen molar-refractivity contribution in [3.63, 3.8) is 0 Å². The van der Waals surface area contributed by atoms with Crippen molar-refractivity contribution in [2.24, 2.45) is 10.9 Å². The van der Waals surface area contributed by atoms with Crippen LogP contribution in [-0.2, 0) is 27.3 Å². The number of benzene rings is 1. The van der Waals surface area contributed by atoms with Crippen LogP contribution in [0.5, 0.6) is 0 Å². The SMILES string of the molecule is CCNC(=NCc1ccc(CN2CC(C)OC(C)C2)cc1)NCCCOCC1CCOC1. The molecule has 3 atom stereocenters. The average molecular weight is 447 g/mol. The van der Waals surface area contributed by atoms with Crippen LogP contribution in [0.25, 0.3) is 0 Å². The Bertz CT molecular complexity index is 666. The lowest BCUT2D eigenvalue weighted by Crippen LogP contribution is -2.44. The van der Waals surface area contributed by atoms with Gasteiger partial charge in [-0.05, 0) is 44.7 Å². The molecule has 0 amide bonds. The molecule has 0 radical (unpaired) electrons. The molecule has 1 aromatic rings. The van der Waals surface area contributed by atoms with Gasteiger partial charge in [-0.2, -0.15) is 0 Å². The Kier molecular flexibility index (Phi) is 10.8. The van der Waals surface area contributed by atoms with Gasteiger partial charge in [-0.25, -0.2) is 4.99 Å². The Balaban J connectivity index is 1.36. The Hall–Kier alpha value is -1.67. The van der Waals surface area contributed by atoms with Crippen molar-refractivity contribution in [3.05, 3.63) is 35.4 Å². The number of hydrogen-bond donors (Lipinski definition) is 2. The van der Waals surface area contributed by atoms with E-state index in [9.17, 15) is 0 Å². The normalized spacial score (nSPS) is 24.6. The summed E-state index contributed by atoms with van der Waals surface area (Å²) in [6, 6.07) is 8.83. The van der Waals surface area contributed by atoms with E-state index < -0.39 is 0 Å². The summed E-state index contributed by atoms with van der Waals surface area (Å²) in [6.45, 7) is 15.0. The summed E-state index contributed by atoms with van der Waals surface area (Å²) in [4.78, 5) is 7.22. The minimum absolute atomic E-state index is 0.304. The molecule has 2 N–H and O–H groups in total. The summed E-state index contributed by atoms with van der Waals surface area (Å²) in [7, 11) is 0. The second-order valence-electron chi connectivity index (χ2n) is 9.05. The van der Waals surface area contributed by atoms with Crippen molar-refractivity contribution in [1.29, 1.82) is 0 Å². The predicted molar refractivity (Wildman–Crippen MR) is 129 cm³/mol. The van der Waals surface area contributed by atoms with E-state index in [1.165, 1.54) is 11.1 Å². The van der Waals surface area contributed by atoms with E-state index in [2.05, 4.69) is 60.6 Å². The lowest BCUT2D eigenvalue weighted by molar-refractivity contribution is -0.0704. The molecule has 2 aliphatic rings. The van der Waals surface area contributed by atoms with Crippen LogP contribution < -0.4 is 10.6 Å². The number of nitrogens with one attached hydrogen (secondary N) is 2. The first-order valence-electron chi connectivity index (χ1n) is 12.3. The van der Waals surface area contributed by atoms with E-state index in [0.29, 0.717) is 24.7 Å². The third-order valence-electron chi connectivity index (χ3n) is 5.82. The van der Waals surface area contributed by atoms with Gasteiger partial charge in [-0.3, -0.25) is 4.90 Å². The zero-order valence-electron chi connectivity index (χ0n) is 20.1. The first-order valence-corrected chi connectivity index (χ1v) is 12.3. The van der Waals surface area contributed by atoms with E-state index in [-0.39, 0.29) is 0 Å². The maximum Gasteiger partial charge on any atom is 0.191 e. The standard InChI is InChI=1S/C25H42N4O3/c1-4-26-25(27-11-5-12-30-18-24-10-13-31-19-24)28-14-22-6-8-23(9-7-22)17-29-15-20(2)32-21(3)16-29/h6-9,20-21,24H,4-5,10-19H2,1-3H3,(H2,26,27,28). The van der Waals surface area contributed by atoms with E-state index in [1.807, 2.05) is 0 Å². The van der Waals surface area contributed by atoms with Gasteiger partial charge in [0.15, 0.2) is 5.96 Å². The van der Waals surface area contributed by atoms with Crippen LogP contribution in [0.15, 0.2) is 29.3 Å². The van der Waals surface area contributed by atoms with Crippen molar-refractivity contribution in [3.8, 4) is 0 Å². The zero-order valence-corrected chi connectivity index (χ0v) is 20.1. The number of nitrogens with zero attached hydrogens (tertiary/aromatic N) is 2. The lowest BCUT2D eigenvalue weighted by atomic mass is 10.1. The highest BCUT2D eigenvalue weighted by Gasteiger charge is 2.22. The van der Waals surface area contributed by atoms with Crippen LogP contribution >= 0.6 is 0 Å². The van der Waals surface area contributed by atoms with Gasteiger partial charge < -0.3 is 24.8 Å². The summed E-state index contributed by atoms with van der Waals surface area (Å²) in [6.07, 6.45) is 2.70. The monoisotopic (exact) mass is 446 g/mol. The molecule has 0 bridgehead atoms. The third-order valence-corrected chi connectivity index (χ3v) is 5.82. The van der Waals surface area contributed by atoms with Crippen molar-refractivity contribution in [1.82, 2.24) is 15.5 Å². The highest BCUT2D eigenvalue weighted by atomic mass is 16.5. The molecule has 0 aliphatic carbocycles. The third kappa shape index (κ3) is 9.06. The van der Waals surface area contributed by atoms with Gasteiger partial charge in [0.2, 0.25) is 0 Å². The first kappa shape index (κ1) is 25.0. The fourth-order valence-electron chi connectivity index (χ4n) is 4.28. The quantitative estimate of drug-likeness (QED) is 0.310. The smallest absolute Gasteiger partial charge is 0.191 e. The maximum atomic E-state index is 5.84. The van der Waals surface area contributed by atoms with Gasteiger partial charge in [-0.15, -0.1) is 0 Å². The zero-order chi connectivity index (χ0) is 22.6. The van der Waals surface area contributed by atoms with Gasteiger partial charge in [-0.1, -0.05) is 24.3 Å². The summed E-state index contributed by atoms with van der Waals surface area (Å²) < 4.78 is 17.0. The number of rotatable bonds is 11. The van der Waals surface area contributed by atoms with E-state index in [4.69, 9.17) is 19.2 Å². The molecule has 0 spiro atoms. The summed E-state index contributed by atoms with van der Waals surface area (Å²) in [5.41, 5.74) is 2.56. The molecule has 32 heavy (non-hydrogen) atoms. The Morgan fingerprint density at radius 1 is 1.12 bits per heavy atom. The fraction of sp³-hybridized carbons (Fsp3) is 0.720. The molecule has 3 unspecified atom stereocenters. The van der Waals surface area contributed by atoms with Gasteiger partial charge in [0.25, 0.3) is 0 Å². The molecule has 2 aliphatic heterocycles. The molecule has 180 valence electrons. The Morgan fingerprint density at radius 2 is 1.88 bits per heavy atom. The van der Waals surface area contributed by atoms with Crippen LogP contribution in [0.2, 0.25) is 0 Å². The molecular weight excluding hydrogens is 404 g/mol. The Labute approximate surface area is 193 Å². The number of ether oxygens (including phenoxy) is 3. The molecule has 2 heterocycles. The van der Waals surface area contributed by atoms with Crippen LogP contribution in [0.1, 0.15) is 44.7 Å². The van der Waals surface area contributed by atoms with Crippen molar-refractivity contribution in [2.45, 2.75) is 58.9 Å². The number of morpholine rings is 1. The van der Waals surface area contributed by atoms with Gasteiger partial charge in [0.05, 0.1) is 32.0 Å². The van der Waals surface area contributed by atoms with E-state index in [0.717, 1.165) is 78.0 Å². The molecule has 3 rings (SSSR count). The highest BCUT2D eigenvalue weighted by Crippen LogP contribution is 2.15.